The number of carbonyl (C=O) groups is 1. The smallest absolute Gasteiger partial charge is 0.252 e. The number of carbonyl (C=O) groups excluding carboxylic acids is 1. The molecule has 116 valence electrons. The Labute approximate surface area is 134 Å². The molecular weight excluding hydrogens is 288 g/mol. The van der Waals surface area contributed by atoms with Crippen LogP contribution < -0.4 is 5.32 Å². The standard InChI is InChI=1S/C19H18N2O2/c1-13-11-16(15-9-5-6-10-17(15)20-13)19(23)21-18(12-22)14-7-3-2-4-8-14/h2-11,18,22H,12H2,1H3,(H,21,23). The van der Waals surface area contributed by atoms with E-state index < -0.39 is 6.04 Å². The molecule has 4 nitrogen and oxygen atoms in total. The highest BCUT2D eigenvalue weighted by Crippen LogP contribution is 2.20. The Kier molecular flexibility index (Phi) is 4.35. The van der Waals surface area contributed by atoms with Gasteiger partial charge in [0.05, 0.1) is 23.7 Å². The molecule has 0 aliphatic carbocycles. The quantitative estimate of drug-likeness (QED) is 0.779. The predicted octanol–water partition coefficient (Wildman–Crippen LogP) is 3.01. The molecule has 0 saturated carbocycles. The van der Waals surface area contributed by atoms with E-state index in [0.29, 0.717) is 5.56 Å². The van der Waals surface area contributed by atoms with E-state index in [4.69, 9.17) is 0 Å². The molecule has 0 radical (unpaired) electrons. The topological polar surface area (TPSA) is 62.2 Å². The third-order valence-electron chi connectivity index (χ3n) is 3.78. The van der Waals surface area contributed by atoms with E-state index in [1.165, 1.54) is 0 Å². The largest absolute Gasteiger partial charge is 0.394 e. The Morgan fingerprint density at radius 1 is 1.13 bits per heavy atom. The number of benzene rings is 2. The minimum Gasteiger partial charge on any atom is -0.394 e. The summed E-state index contributed by atoms with van der Waals surface area (Å²) in [6, 6.07) is 18.3. The number of nitrogens with one attached hydrogen (secondary N) is 1. The average molecular weight is 306 g/mol. The Bertz CT molecular complexity index is 831. The lowest BCUT2D eigenvalue weighted by Crippen LogP contribution is -2.31. The van der Waals surface area contributed by atoms with E-state index >= 15 is 0 Å². The molecule has 1 atom stereocenters. The van der Waals surface area contributed by atoms with E-state index in [2.05, 4.69) is 10.3 Å². The predicted molar refractivity (Wildman–Crippen MR) is 90.2 cm³/mol. The van der Waals surface area contributed by atoms with Gasteiger partial charge in [0.2, 0.25) is 0 Å². The van der Waals surface area contributed by atoms with Crippen molar-refractivity contribution < 1.29 is 9.90 Å². The van der Waals surface area contributed by atoms with Gasteiger partial charge in [-0.25, -0.2) is 0 Å². The maximum absolute atomic E-state index is 12.7. The summed E-state index contributed by atoms with van der Waals surface area (Å²) in [7, 11) is 0. The van der Waals surface area contributed by atoms with Gasteiger partial charge in [0, 0.05) is 11.1 Å². The zero-order valence-corrected chi connectivity index (χ0v) is 12.9. The number of aliphatic hydroxyl groups is 1. The molecule has 3 rings (SSSR count). The SMILES string of the molecule is Cc1cc(C(=O)NC(CO)c2ccccc2)c2ccccc2n1. The van der Waals surface area contributed by atoms with Crippen molar-refractivity contribution >= 4 is 16.8 Å². The summed E-state index contributed by atoms with van der Waals surface area (Å²) in [6.07, 6.45) is 0. The second-order valence-corrected chi connectivity index (χ2v) is 5.45. The van der Waals surface area contributed by atoms with Crippen LogP contribution in [0, 0.1) is 6.92 Å². The van der Waals surface area contributed by atoms with Crippen LogP contribution in [0.1, 0.15) is 27.7 Å². The molecule has 0 fully saturated rings. The number of nitrogens with zero attached hydrogens (tertiary/aromatic N) is 1. The van der Waals surface area contributed by atoms with Crippen LogP contribution in [0.25, 0.3) is 10.9 Å². The highest BCUT2D eigenvalue weighted by molar-refractivity contribution is 6.06. The van der Waals surface area contributed by atoms with Crippen molar-refractivity contribution in [3.63, 3.8) is 0 Å². The number of amides is 1. The van der Waals surface area contributed by atoms with Crippen molar-refractivity contribution in [2.24, 2.45) is 0 Å². The third-order valence-corrected chi connectivity index (χ3v) is 3.78. The van der Waals surface area contributed by atoms with Gasteiger partial charge in [-0.3, -0.25) is 9.78 Å². The van der Waals surface area contributed by atoms with E-state index in [1.54, 1.807) is 6.07 Å². The van der Waals surface area contributed by atoms with Crippen LogP contribution in [-0.4, -0.2) is 22.6 Å². The maximum atomic E-state index is 12.7. The first-order valence-corrected chi connectivity index (χ1v) is 7.52. The number of aromatic nitrogens is 1. The Balaban J connectivity index is 1.94. The third kappa shape index (κ3) is 3.22. The second-order valence-electron chi connectivity index (χ2n) is 5.45. The van der Waals surface area contributed by atoms with Crippen molar-refractivity contribution in [1.82, 2.24) is 10.3 Å². The van der Waals surface area contributed by atoms with Gasteiger partial charge in [-0.1, -0.05) is 48.5 Å². The fourth-order valence-electron chi connectivity index (χ4n) is 2.65. The lowest BCUT2D eigenvalue weighted by atomic mass is 10.0. The molecule has 0 aliphatic heterocycles. The molecule has 1 heterocycles. The number of aliphatic hydroxyl groups excluding tert-OH is 1. The van der Waals surface area contributed by atoms with Crippen molar-refractivity contribution in [3.8, 4) is 0 Å². The number of fused-ring (bicyclic) bond motifs is 1. The fourth-order valence-corrected chi connectivity index (χ4v) is 2.65. The Morgan fingerprint density at radius 2 is 1.83 bits per heavy atom. The lowest BCUT2D eigenvalue weighted by Gasteiger charge is -2.17. The van der Waals surface area contributed by atoms with Crippen LogP contribution >= 0.6 is 0 Å². The monoisotopic (exact) mass is 306 g/mol. The highest BCUT2D eigenvalue weighted by atomic mass is 16.3. The zero-order chi connectivity index (χ0) is 16.2. The molecule has 0 saturated heterocycles. The summed E-state index contributed by atoms with van der Waals surface area (Å²) in [5, 5.41) is 13.3. The summed E-state index contributed by atoms with van der Waals surface area (Å²) in [4.78, 5) is 17.2. The molecule has 2 aromatic carbocycles. The molecule has 0 aliphatic rings. The van der Waals surface area contributed by atoms with Gasteiger partial charge >= 0.3 is 0 Å². The maximum Gasteiger partial charge on any atom is 0.252 e. The summed E-state index contributed by atoms with van der Waals surface area (Å²) in [6.45, 7) is 1.71. The number of aryl methyl sites for hydroxylation is 1. The van der Waals surface area contributed by atoms with Gasteiger partial charge in [-0.2, -0.15) is 0 Å². The number of hydrogen-bond acceptors (Lipinski definition) is 3. The number of pyridine rings is 1. The van der Waals surface area contributed by atoms with E-state index in [1.807, 2.05) is 61.5 Å². The van der Waals surface area contributed by atoms with Crippen LogP contribution in [0.15, 0.2) is 60.7 Å². The first-order valence-electron chi connectivity index (χ1n) is 7.52. The molecule has 0 bridgehead atoms. The van der Waals surface area contributed by atoms with Crippen LogP contribution in [0.5, 0.6) is 0 Å². The van der Waals surface area contributed by atoms with E-state index in [-0.39, 0.29) is 12.5 Å². The van der Waals surface area contributed by atoms with Crippen molar-refractivity contribution in [2.45, 2.75) is 13.0 Å². The minimum atomic E-state index is -0.434. The highest BCUT2D eigenvalue weighted by Gasteiger charge is 2.17. The minimum absolute atomic E-state index is 0.155. The molecule has 4 heteroatoms. The zero-order valence-electron chi connectivity index (χ0n) is 12.9. The summed E-state index contributed by atoms with van der Waals surface area (Å²) >= 11 is 0. The van der Waals surface area contributed by atoms with Crippen LogP contribution in [0.2, 0.25) is 0 Å². The fraction of sp³-hybridized carbons (Fsp3) is 0.158. The van der Waals surface area contributed by atoms with Crippen molar-refractivity contribution in [1.29, 1.82) is 0 Å². The van der Waals surface area contributed by atoms with E-state index in [9.17, 15) is 9.90 Å². The Morgan fingerprint density at radius 3 is 2.57 bits per heavy atom. The second kappa shape index (κ2) is 6.58. The molecule has 2 N–H and O–H groups in total. The Hall–Kier alpha value is -2.72. The molecule has 3 aromatic rings. The van der Waals surface area contributed by atoms with Gasteiger partial charge in [-0.15, -0.1) is 0 Å². The normalized spacial score (nSPS) is 12.1. The molecule has 1 aromatic heterocycles. The first kappa shape index (κ1) is 15.2. The average Bonchev–Trinajstić information content (AvgIpc) is 2.59. The van der Waals surface area contributed by atoms with Gasteiger partial charge < -0.3 is 10.4 Å². The van der Waals surface area contributed by atoms with Gasteiger partial charge in [0.1, 0.15) is 0 Å². The molecule has 1 unspecified atom stereocenters. The molecule has 23 heavy (non-hydrogen) atoms. The molecule has 0 spiro atoms. The molecular formula is C19H18N2O2. The van der Waals surface area contributed by atoms with Gasteiger partial charge in [0.15, 0.2) is 0 Å². The van der Waals surface area contributed by atoms with E-state index in [0.717, 1.165) is 22.2 Å². The van der Waals surface area contributed by atoms with Crippen molar-refractivity contribution in [3.05, 3.63) is 77.5 Å². The number of rotatable bonds is 4. The van der Waals surface area contributed by atoms with Gasteiger partial charge in [-0.05, 0) is 24.6 Å². The molecule has 1 amide bonds. The number of hydrogen-bond donors (Lipinski definition) is 2. The van der Waals surface area contributed by atoms with Crippen LogP contribution in [-0.2, 0) is 0 Å². The van der Waals surface area contributed by atoms with Crippen molar-refractivity contribution in [2.75, 3.05) is 6.61 Å². The summed E-state index contributed by atoms with van der Waals surface area (Å²) in [5.41, 5.74) is 3.02. The lowest BCUT2D eigenvalue weighted by molar-refractivity contribution is 0.0917. The first-order chi connectivity index (χ1) is 11.2. The summed E-state index contributed by atoms with van der Waals surface area (Å²) in [5.74, 6) is -0.213. The number of para-hydroxylation sites is 1. The van der Waals surface area contributed by atoms with Gasteiger partial charge in [0.25, 0.3) is 5.91 Å². The van der Waals surface area contributed by atoms with Crippen LogP contribution in [0.3, 0.4) is 0 Å². The van der Waals surface area contributed by atoms with Crippen LogP contribution in [0.4, 0.5) is 0 Å². The summed E-state index contributed by atoms with van der Waals surface area (Å²) < 4.78 is 0.